The third kappa shape index (κ3) is 2.66. The molecule has 1 aliphatic rings. The fourth-order valence-electron chi connectivity index (χ4n) is 2.18. The zero-order chi connectivity index (χ0) is 11.2. The van der Waals surface area contributed by atoms with E-state index in [-0.39, 0.29) is 0 Å². The van der Waals surface area contributed by atoms with Crippen molar-refractivity contribution in [2.75, 3.05) is 6.61 Å². The molecule has 0 unspecified atom stereocenters. The van der Waals surface area contributed by atoms with Crippen molar-refractivity contribution in [2.45, 2.75) is 39.0 Å². The summed E-state index contributed by atoms with van der Waals surface area (Å²) in [5, 5.41) is 0. The van der Waals surface area contributed by atoms with Crippen molar-refractivity contribution in [3.05, 3.63) is 35.9 Å². The monoisotopic (exact) mass is 216 g/mol. The van der Waals surface area contributed by atoms with Crippen LogP contribution in [0.1, 0.15) is 44.6 Å². The normalized spacial score (nSPS) is 13.9. The molecule has 1 aliphatic heterocycles. The predicted molar refractivity (Wildman–Crippen MR) is 68.7 cm³/mol. The van der Waals surface area contributed by atoms with Gasteiger partial charge in [-0.3, -0.25) is 0 Å². The van der Waals surface area contributed by atoms with E-state index >= 15 is 0 Å². The van der Waals surface area contributed by atoms with Gasteiger partial charge in [0.25, 0.3) is 0 Å². The summed E-state index contributed by atoms with van der Waals surface area (Å²) in [5.41, 5.74) is 2.77. The van der Waals surface area contributed by atoms with Crippen LogP contribution in [0.3, 0.4) is 0 Å². The summed E-state index contributed by atoms with van der Waals surface area (Å²) in [7, 11) is 0. The van der Waals surface area contributed by atoms with Crippen LogP contribution < -0.4 is 4.74 Å². The van der Waals surface area contributed by atoms with E-state index in [0.717, 1.165) is 12.4 Å². The number of hydrogen-bond acceptors (Lipinski definition) is 1. The van der Waals surface area contributed by atoms with Crippen LogP contribution in [0.5, 0.6) is 5.75 Å². The molecule has 86 valence electrons. The summed E-state index contributed by atoms with van der Waals surface area (Å²) in [5.74, 6) is 1.05. The molecule has 1 aromatic carbocycles. The molecule has 1 nitrogen and oxygen atoms in total. The molecule has 0 radical (unpaired) electrons. The van der Waals surface area contributed by atoms with E-state index in [2.05, 4.69) is 31.2 Å². The zero-order valence-electron chi connectivity index (χ0n) is 10.0. The fourth-order valence-corrected chi connectivity index (χ4v) is 2.18. The van der Waals surface area contributed by atoms with Crippen molar-refractivity contribution < 1.29 is 4.74 Å². The van der Waals surface area contributed by atoms with E-state index in [4.69, 9.17) is 4.74 Å². The lowest BCUT2D eigenvalue weighted by Gasteiger charge is -2.18. The van der Waals surface area contributed by atoms with Crippen LogP contribution in [0.25, 0.3) is 5.57 Å². The van der Waals surface area contributed by atoms with Crippen molar-refractivity contribution in [3.8, 4) is 5.75 Å². The van der Waals surface area contributed by atoms with Crippen molar-refractivity contribution >= 4 is 5.57 Å². The highest BCUT2D eigenvalue weighted by molar-refractivity contribution is 5.71. The molecule has 0 fully saturated rings. The summed E-state index contributed by atoms with van der Waals surface area (Å²) < 4.78 is 5.60. The quantitative estimate of drug-likeness (QED) is 0.661. The van der Waals surface area contributed by atoms with Gasteiger partial charge in [-0.05, 0) is 30.6 Å². The van der Waals surface area contributed by atoms with Crippen LogP contribution >= 0.6 is 0 Å². The Morgan fingerprint density at radius 3 is 2.88 bits per heavy atom. The molecule has 0 saturated heterocycles. The molecule has 0 aliphatic carbocycles. The topological polar surface area (TPSA) is 9.23 Å². The van der Waals surface area contributed by atoms with E-state index in [9.17, 15) is 0 Å². The number of ether oxygens (including phenoxy) is 1. The van der Waals surface area contributed by atoms with Gasteiger partial charge in [-0.2, -0.15) is 0 Å². The first kappa shape index (κ1) is 11.3. The first-order valence-corrected chi connectivity index (χ1v) is 6.33. The Balaban J connectivity index is 1.97. The molecule has 0 atom stereocenters. The van der Waals surface area contributed by atoms with Gasteiger partial charge in [0, 0.05) is 5.56 Å². The van der Waals surface area contributed by atoms with Gasteiger partial charge in [0.1, 0.15) is 12.4 Å². The molecule has 0 saturated carbocycles. The van der Waals surface area contributed by atoms with E-state index in [1.807, 2.05) is 6.07 Å². The SMILES string of the molecule is CCCCCCC1=CCOc2ccccc21. The molecular weight excluding hydrogens is 196 g/mol. The minimum atomic E-state index is 0.736. The first-order chi connectivity index (χ1) is 7.92. The molecule has 0 amide bonds. The summed E-state index contributed by atoms with van der Waals surface area (Å²) in [4.78, 5) is 0. The Kier molecular flexibility index (Phi) is 4.03. The standard InChI is InChI=1S/C15H20O/c1-2-3-4-5-8-13-11-12-16-15-10-7-6-9-14(13)15/h6-7,9-11H,2-5,8,12H2,1H3. The maximum atomic E-state index is 5.60. The van der Waals surface area contributed by atoms with Crippen molar-refractivity contribution in [3.63, 3.8) is 0 Å². The second-order valence-corrected chi connectivity index (χ2v) is 4.35. The van der Waals surface area contributed by atoms with Crippen LogP contribution in [-0.4, -0.2) is 6.61 Å². The number of fused-ring (bicyclic) bond motifs is 1. The smallest absolute Gasteiger partial charge is 0.127 e. The molecule has 2 rings (SSSR count). The van der Waals surface area contributed by atoms with E-state index in [0.29, 0.717) is 0 Å². The van der Waals surface area contributed by atoms with E-state index < -0.39 is 0 Å². The highest BCUT2D eigenvalue weighted by Gasteiger charge is 2.11. The number of allylic oxidation sites excluding steroid dienone is 1. The van der Waals surface area contributed by atoms with Crippen LogP contribution in [0.15, 0.2) is 30.3 Å². The minimum absolute atomic E-state index is 0.736. The lowest BCUT2D eigenvalue weighted by molar-refractivity contribution is 0.356. The molecule has 0 aromatic heterocycles. The van der Waals surface area contributed by atoms with Gasteiger partial charge >= 0.3 is 0 Å². The molecule has 1 heteroatoms. The average Bonchev–Trinajstić information content (AvgIpc) is 2.35. The molecule has 1 heterocycles. The number of unbranched alkanes of at least 4 members (excludes halogenated alkanes) is 3. The lowest BCUT2D eigenvalue weighted by atomic mass is 9.97. The second kappa shape index (κ2) is 5.74. The number of rotatable bonds is 5. The van der Waals surface area contributed by atoms with Crippen LogP contribution in [0.2, 0.25) is 0 Å². The van der Waals surface area contributed by atoms with Crippen LogP contribution in [0, 0.1) is 0 Å². The second-order valence-electron chi connectivity index (χ2n) is 4.35. The van der Waals surface area contributed by atoms with Crippen molar-refractivity contribution in [1.82, 2.24) is 0 Å². The summed E-state index contributed by atoms with van der Waals surface area (Å²) in [6, 6.07) is 8.36. The Labute approximate surface area is 98.1 Å². The summed E-state index contributed by atoms with van der Waals surface area (Å²) in [6.07, 6.45) is 8.73. The Morgan fingerprint density at radius 1 is 1.12 bits per heavy atom. The largest absolute Gasteiger partial charge is 0.489 e. The van der Waals surface area contributed by atoms with Crippen molar-refractivity contribution in [2.24, 2.45) is 0 Å². The minimum Gasteiger partial charge on any atom is -0.489 e. The van der Waals surface area contributed by atoms with Gasteiger partial charge in [-0.1, -0.05) is 44.4 Å². The van der Waals surface area contributed by atoms with Crippen LogP contribution in [-0.2, 0) is 0 Å². The maximum absolute atomic E-state index is 5.60. The summed E-state index contributed by atoms with van der Waals surface area (Å²) in [6.45, 7) is 2.99. The van der Waals surface area contributed by atoms with E-state index in [1.54, 1.807) is 0 Å². The molecular formula is C15H20O. The number of hydrogen-bond donors (Lipinski definition) is 0. The van der Waals surface area contributed by atoms with Gasteiger partial charge in [-0.25, -0.2) is 0 Å². The van der Waals surface area contributed by atoms with Gasteiger partial charge in [0.05, 0.1) is 0 Å². The Morgan fingerprint density at radius 2 is 2.00 bits per heavy atom. The van der Waals surface area contributed by atoms with Gasteiger partial charge in [0.2, 0.25) is 0 Å². The third-order valence-corrected chi connectivity index (χ3v) is 3.10. The zero-order valence-corrected chi connectivity index (χ0v) is 10.0. The maximum Gasteiger partial charge on any atom is 0.127 e. The highest BCUT2D eigenvalue weighted by atomic mass is 16.5. The molecule has 0 spiro atoms. The van der Waals surface area contributed by atoms with Gasteiger partial charge in [-0.15, -0.1) is 0 Å². The van der Waals surface area contributed by atoms with Gasteiger partial charge < -0.3 is 4.74 Å². The molecule has 16 heavy (non-hydrogen) atoms. The predicted octanol–water partition coefficient (Wildman–Crippen LogP) is 4.43. The van der Waals surface area contributed by atoms with Crippen LogP contribution in [0.4, 0.5) is 0 Å². The van der Waals surface area contributed by atoms with Gasteiger partial charge in [0.15, 0.2) is 0 Å². The average molecular weight is 216 g/mol. The molecule has 1 aromatic rings. The van der Waals surface area contributed by atoms with E-state index in [1.165, 1.54) is 43.2 Å². The molecule has 0 bridgehead atoms. The third-order valence-electron chi connectivity index (χ3n) is 3.10. The summed E-state index contributed by atoms with van der Waals surface area (Å²) >= 11 is 0. The molecule has 0 N–H and O–H groups in total. The first-order valence-electron chi connectivity index (χ1n) is 6.33. The number of benzene rings is 1. The van der Waals surface area contributed by atoms with Crippen molar-refractivity contribution in [1.29, 1.82) is 0 Å². The lowest BCUT2D eigenvalue weighted by Crippen LogP contribution is -2.04. The Hall–Kier alpha value is -1.24. The number of para-hydroxylation sites is 1. The fraction of sp³-hybridized carbons (Fsp3) is 0.467. The highest BCUT2D eigenvalue weighted by Crippen LogP contribution is 2.32. The Bertz CT molecular complexity index is 365.